The number of carboxylic acids is 1. The Morgan fingerprint density at radius 3 is 2.43 bits per heavy atom. The van der Waals surface area contributed by atoms with Crippen LogP contribution < -0.4 is 0 Å². The monoisotopic (exact) mass is 301 g/mol. The Bertz CT molecular complexity index is 315. The normalized spacial score (nSPS) is 15.9. The second kappa shape index (κ2) is 10.6. The molecule has 0 heterocycles. The van der Waals surface area contributed by atoms with Crippen molar-refractivity contribution in [2.45, 2.75) is 44.9 Å². The topological polar surface area (TPSA) is 87.1 Å². The van der Waals surface area contributed by atoms with Gasteiger partial charge in [0.15, 0.2) is 0 Å². The Balaban J connectivity index is 2.39. The van der Waals surface area contributed by atoms with Crippen LogP contribution in [0.15, 0.2) is 0 Å². The average Bonchev–Trinajstić information content (AvgIpc) is 2.47. The molecule has 21 heavy (non-hydrogen) atoms. The lowest BCUT2D eigenvalue weighted by molar-refractivity contribution is -0.139. The van der Waals surface area contributed by atoms with Crippen molar-refractivity contribution in [3.63, 3.8) is 0 Å². The molecular weight excluding hydrogens is 274 g/mol. The van der Waals surface area contributed by atoms with Gasteiger partial charge in [0.05, 0.1) is 26.2 Å². The summed E-state index contributed by atoms with van der Waals surface area (Å²) in [5.41, 5.74) is 0. The lowest BCUT2D eigenvalue weighted by Gasteiger charge is -2.26. The Morgan fingerprint density at radius 2 is 1.81 bits per heavy atom. The highest BCUT2D eigenvalue weighted by Crippen LogP contribution is 2.26. The number of aliphatic hydroxyl groups excluding tert-OH is 1. The molecule has 0 bridgehead atoms. The quantitative estimate of drug-likeness (QED) is 0.593. The van der Waals surface area contributed by atoms with Gasteiger partial charge in [-0.05, 0) is 18.8 Å². The molecule has 0 radical (unpaired) electrons. The molecule has 0 aromatic heterocycles. The zero-order valence-corrected chi connectivity index (χ0v) is 12.6. The van der Waals surface area contributed by atoms with Crippen LogP contribution in [-0.4, -0.2) is 59.9 Å². The molecule has 0 unspecified atom stereocenters. The molecule has 2 N–H and O–H groups in total. The zero-order chi connectivity index (χ0) is 15.5. The summed E-state index contributed by atoms with van der Waals surface area (Å²) >= 11 is 0. The summed E-state index contributed by atoms with van der Waals surface area (Å²) in [6, 6.07) is 0. The first kappa shape index (κ1) is 17.9. The first-order chi connectivity index (χ1) is 10.1. The van der Waals surface area contributed by atoms with Gasteiger partial charge in [0, 0.05) is 19.5 Å². The first-order valence-corrected chi connectivity index (χ1v) is 7.81. The van der Waals surface area contributed by atoms with Crippen LogP contribution in [-0.2, 0) is 14.3 Å². The summed E-state index contributed by atoms with van der Waals surface area (Å²) in [6.45, 7) is 1.13. The number of aliphatic hydroxyl groups is 1. The van der Waals surface area contributed by atoms with Crippen molar-refractivity contribution in [1.29, 1.82) is 0 Å². The van der Waals surface area contributed by atoms with Gasteiger partial charge in [-0.25, -0.2) is 0 Å². The fourth-order valence-corrected chi connectivity index (χ4v) is 2.70. The third kappa shape index (κ3) is 8.02. The molecule has 1 amide bonds. The van der Waals surface area contributed by atoms with Gasteiger partial charge in [0.2, 0.25) is 5.91 Å². The molecule has 0 atom stereocenters. The van der Waals surface area contributed by atoms with Gasteiger partial charge >= 0.3 is 5.97 Å². The smallest absolute Gasteiger partial charge is 0.305 e. The summed E-state index contributed by atoms with van der Waals surface area (Å²) < 4.78 is 5.17. The van der Waals surface area contributed by atoms with E-state index in [9.17, 15) is 9.59 Å². The Morgan fingerprint density at radius 1 is 1.10 bits per heavy atom. The van der Waals surface area contributed by atoms with E-state index in [2.05, 4.69) is 0 Å². The lowest BCUT2D eigenvalue weighted by Crippen LogP contribution is -2.37. The molecule has 1 aliphatic rings. The number of carbonyl (C=O) groups is 2. The van der Waals surface area contributed by atoms with E-state index in [0.29, 0.717) is 25.5 Å². The highest BCUT2D eigenvalue weighted by Gasteiger charge is 2.21. The molecule has 6 heteroatoms. The molecule has 1 saturated carbocycles. The first-order valence-electron chi connectivity index (χ1n) is 7.81. The Labute approximate surface area is 126 Å². The van der Waals surface area contributed by atoms with Crippen LogP contribution >= 0.6 is 0 Å². The molecule has 1 aliphatic carbocycles. The second-order valence-electron chi connectivity index (χ2n) is 5.57. The molecule has 0 aliphatic heterocycles. The van der Waals surface area contributed by atoms with Gasteiger partial charge in [-0.3, -0.25) is 9.59 Å². The number of nitrogens with zero attached hydrogens (tertiary/aromatic N) is 1. The number of carbonyl (C=O) groups excluding carboxylic acids is 1. The average molecular weight is 301 g/mol. The van der Waals surface area contributed by atoms with E-state index in [4.69, 9.17) is 14.9 Å². The predicted molar refractivity (Wildman–Crippen MR) is 77.9 cm³/mol. The van der Waals surface area contributed by atoms with Gasteiger partial charge < -0.3 is 19.8 Å². The van der Waals surface area contributed by atoms with Crippen LogP contribution in [0.4, 0.5) is 0 Å². The summed E-state index contributed by atoms with van der Waals surface area (Å²) in [7, 11) is 0. The van der Waals surface area contributed by atoms with Gasteiger partial charge in [0.25, 0.3) is 0 Å². The van der Waals surface area contributed by atoms with E-state index in [-0.39, 0.29) is 32.1 Å². The summed E-state index contributed by atoms with van der Waals surface area (Å²) in [5, 5.41) is 17.4. The summed E-state index contributed by atoms with van der Waals surface area (Å²) in [6.07, 6.45) is 6.29. The zero-order valence-electron chi connectivity index (χ0n) is 12.6. The molecule has 0 aromatic carbocycles. The fourth-order valence-electron chi connectivity index (χ4n) is 2.70. The number of amides is 1. The molecule has 1 rings (SSSR count). The van der Waals surface area contributed by atoms with Crippen molar-refractivity contribution >= 4 is 11.9 Å². The van der Waals surface area contributed by atoms with Crippen molar-refractivity contribution in [2.24, 2.45) is 5.92 Å². The van der Waals surface area contributed by atoms with E-state index >= 15 is 0 Å². The van der Waals surface area contributed by atoms with Crippen LogP contribution in [0.3, 0.4) is 0 Å². The minimum atomic E-state index is -0.901. The van der Waals surface area contributed by atoms with E-state index in [0.717, 1.165) is 12.8 Å². The lowest BCUT2D eigenvalue weighted by atomic mass is 9.86. The standard InChI is InChI=1S/C15H27NO5/c17-9-11-21-10-8-16(7-6-15(19)20)14(18)12-13-4-2-1-3-5-13/h13,17H,1-12H2,(H,19,20). The van der Waals surface area contributed by atoms with Crippen molar-refractivity contribution in [1.82, 2.24) is 4.90 Å². The van der Waals surface area contributed by atoms with E-state index < -0.39 is 5.97 Å². The molecule has 1 fully saturated rings. The Kier molecular flexibility index (Phi) is 9.01. The van der Waals surface area contributed by atoms with Crippen LogP contribution in [0.25, 0.3) is 0 Å². The van der Waals surface area contributed by atoms with Gasteiger partial charge in [-0.1, -0.05) is 19.3 Å². The largest absolute Gasteiger partial charge is 0.481 e. The van der Waals surface area contributed by atoms with Crippen molar-refractivity contribution in [3.05, 3.63) is 0 Å². The summed E-state index contributed by atoms with van der Waals surface area (Å²) in [5.74, 6) is -0.436. The molecule has 6 nitrogen and oxygen atoms in total. The highest BCUT2D eigenvalue weighted by atomic mass is 16.5. The van der Waals surface area contributed by atoms with Gasteiger partial charge in [-0.2, -0.15) is 0 Å². The van der Waals surface area contributed by atoms with E-state index in [1.54, 1.807) is 4.90 Å². The highest BCUT2D eigenvalue weighted by molar-refractivity contribution is 5.77. The van der Waals surface area contributed by atoms with Crippen LogP contribution in [0, 0.1) is 5.92 Å². The van der Waals surface area contributed by atoms with Crippen molar-refractivity contribution in [2.75, 3.05) is 32.9 Å². The summed E-state index contributed by atoms with van der Waals surface area (Å²) in [4.78, 5) is 24.6. The van der Waals surface area contributed by atoms with E-state index in [1.807, 2.05) is 0 Å². The Hall–Kier alpha value is -1.14. The SMILES string of the molecule is O=C(O)CCN(CCOCCO)C(=O)CC1CCCCC1. The third-order valence-electron chi connectivity index (χ3n) is 3.88. The second-order valence-corrected chi connectivity index (χ2v) is 5.57. The number of carboxylic acid groups (broad SMARTS) is 1. The van der Waals surface area contributed by atoms with Crippen molar-refractivity contribution < 1.29 is 24.5 Å². The van der Waals surface area contributed by atoms with Gasteiger partial charge in [-0.15, -0.1) is 0 Å². The predicted octanol–water partition coefficient (Wildman–Crippen LogP) is 1.27. The number of rotatable bonds is 10. The number of aliphatic carboxylic acids is 1. The van der Waals surface area contributed by atoms with Crippen LogP contribution in [0.5, 0.6) is 0 Å². The van der Waals surface area contributed by atoms with Crippen molar-refractivity contribution in [3.8, 4) is 0 Å². The maximum Gasteiger partial charge on any atom is 0.305 e. The number of hydrogen-bond donors (Lipinski definition) is 2. The van der Waals surface area contributed by atoms with Gasteiger partial charge in [0.1, 0.15) is 0 Å². The third-order valence-corrected chi connectivity index (χ3v) is 3.88. The number of hydrogen-bond acceptors (Lipinski definition) is 4. The van der Waals surface area contributed by atoms with Crippen LogP contribution in [0.2, 0.25) is 0 Å². The van der Waals surface area contributed by atoms with Crippen LogP contribution in [0.1, 0.15) is 44.9 Å². The maximum atomic E-state index is 12.3. The fraction of sp³-hybridized carbons (Fsp3) is 0.867. The minimum absolute atomic E-state index is 0.0238. The molecule has 0 aromatic rings. The maximum absolute atomic E-state index is 12.3. The minimum Gasteiger partial charge on any atom is -0.481 e. The molecule has 0 saturated heterocycles. The molecular formula is C15H27NO5. The van der Waals surface area contributed by atoms with E-state index in [1.165, 1.54) is 19.3 Å². The number of ether oxygens (including phenoxy) is 1. The molecule has 0 spiro atoms. The molecule has 122 valence electrons.